The van der Waals surface area contributed by atoms with E-state index in [4.69, 9.17) is 11.5 Å². The number of carbonyl (C=O) groups excluding carboxylic acids is 2. The monoisotopic (exact) mass is 230 g/mol. The van der Waals surface area contributed by atoms with E-state index in [1.807, 2.05) is 0 Å². The van der Waals surface area contributed by atoms with Crippen molar-refractivity contribution in [3.63, 3.8) is 0 Å². The van der Waals surface area contributed by atoms with Gasteiger partial charge in [0.05, 0.1) is 6.04 Å². The van der Waals surface area contributed by atoms with E-state index in [1.165, 1.54) is 0 Å². The molecule has 94 valence electrons. The van der Waals surface area contributed by atoms with Crippen LogP contribution in [-0.4, -0.2) is 50.8 Å². The maximum absolute atomic E-state index is 10.8. The van der Waals surface area contributed by atoms with Gasteiger partial charge in [-0.05, 0) is 6.42 Å². The summed E-state index contributed by atoms with van der Waals surface area (Å²) in [6.07, 6.45) is 2.65. The molecule has 0 aliphatic carbocycles. The van der Waals surface area contributed by atoms with Gasteiger partial charge in [0.1, 0.15) is 12.6 Å². The molecule has 0 aliphatic heterocycles. The molecule has 2 unspecified atom stereocenters. The molecule has 0 saturated carbocycles. The van der Waals surface area contributed by atoms with E-state index in [9.17, 15) is 9.59 Å². The highest BCUT2D eigenvalue weighted by molar-refractivity contribution is 5.58. The average molecular weight is 230 g/mol. The van der Waals surface area contributed by atoms with Crippen molar-refractivity contribution in [2.45, 2.75) is 24.9 Å². The Hall–Kier alpha value is -0.820. The van der Waals surface area contributed by atoms with Gasteiger partial charge in [-0.2, -0.15) is 0 Å². The molecular weight excluding hydrogens is 208 g/mol. The lowest BCUT2D eigenvalue weighted by Crippen LogP contribution is -2.42. The van der Waals surface area contributed by atoms with Crippen molar-refractivity contribution in [2.75, 3.05) is 26.2 Å². The van der Waals surface area contributed by atoms with Gasteiger partial charge >= 0.3 is 0 Å². The van der Waals surface area contributed by atoms with Crippen LogP contribution in [0.5, 0.6) is 0 Å². The minimum atomic E-state index is -0.265. The van der Waals surface area contributed by atoms with Crippen LogP contribution < -0.4 is 22.1 Å². The quantitative estimate of drug-likeness (QED) is 0.306. The number of hydrogen-bond acceptors (Lipinski definition) is 6. The van der Waals surface area contributed by atoms with E-state index in [0.29, 0.717) is 39.0 Å². The second-order valence-electron chi connectivity index (χ2n) is 3.56. The first kappa shape index (κ1) is 15.2. The van der Waals surface area contributed by atoms with Gasteiger partial charge in [-0.15, -0.1) is 0 Å². The zero-order valence-electron chi connectivity index (χ0n) is 9.52. The van der Waals surface area contributed by atoms with Crippen LogP contribution in [0.2, 0.25) is 0 Å². The number of hydrogen-bond donors (Lipinski definition) is 4. The first-order valence-corrected chi connectivity index (χ1v) is 5.54. The van der Waals surface area contributed by atoms with Gasteiger partial charge in [-0.25, -0.2) is 0 Å². The molecule has 0 fully saturated rings. The fourth-order valence-electron chi connectivity index (χ4n) is 1.43. The molecule has 0 radical (unpaired) electrons. The fraction of sp³-hybridized carbons (Fsp3) is 0.800. The van der Waals surface area contributed by atoms with Gasteiger partial charge in [-0.3, -0.25) is 0 Å². The third-order valence-electron chi connectivity index (χ3n) is 2.21. The molecule has 6 nitrogen and oxygen atoms in total. The van der Waals surface area contributed by atoms with Crippen molar-refractivity contribution in [1.29, 1.82) is 0 Å². The molecule has 0 bridgehead atoms. The summed E-state index contributed by atoms with van der Waals surface area (Å²) in [6.45, 7) is 2.23. The highest BCUT2D eigenvalue weighted by Gasteiger charge is 2.14. The zero-order valence-corrected chi connectivity index (χ0v) is 9.52. The van der Waals surface area contributed by atoms with Crippen molar-refractivity contribution in [1.82, 2.24) is 10.6 Å². The Morgan fingerprint density at radius 2 is 1.69 bits per heavy atom. The highest BCUT2D eigenvalue weighted by Crippen LogP contribution is 1.99. The number of nitrogens with two attached hydrogens (primary N) is 2. The minimum absolute atomic E-state index is 0.0125. The van der Waals surface area contributed by atoms with E-state index < -0.39 is 0 Å². The largest absolute Gasteiger partial charge is 0.329 e. The van der Waals surface area contributed by atoms with Gasteiger partial charge in [-0.1, -0.05) is 0 Å². The SMILES string of the molecule is NCCNC(C=O)CC(CC=O)NCCN. The van der Waals surface area contributed by atoms with E-state index in [2.05, 4.69) is 10.6 Å². The molecule has 0 aromatic rings. The summed E-state index contributed by atoms with van der Waals surface area (Å²) >= 11 is 0. The Bertz CT molecular complexity index is 190. The molecule has 2 atom stereocenters. The van der Waals surface area contributed by atoms with Crippen LogP contribution in [0.1, 0.15) is 12.8 Å². The van der Waals surface area contributed by atoms with Crippen LogP contribution >= 0.6 is 0 Å². The van der Waals surface area contributed by atoms with Crippen LogP contribution in [0, 0.1) is 0 Å². The minimum Gasteiger partial charge on any atom is -0.329 e. The zero-order chi connectivity index (χ0) is 12.2. The summed E-state index contributed by atoms with van der Waals surface area (Å²) in [5, 5.41) is 6.13. The van der Waals surface area contributed by atoms with Gasteiger partial charge in [0.2, 0.25) is 0 Å². The first-order valence-electron chi connectivity index (χ1n) is 5.54. The van der Waals surface area contributed by atoms with Crippen molar-refractivity contribution in [2.24, 2.45) is 11.5 Å². The standard InChI is InChI=1S/C10H22N4O2/c11-2-4-13-9(1-6-15)7-10(8-16)14-5-3-12/h6,8-10,13-14H,1-5,7,11-12H2. The summed E-state index contributed by atoms with van der Waals surface area (Å²) in [6, 6.07) is -0.278. The first-order chi connectivity index (χ1) is 7.78. The molecule has 0 saturated heterocycles. The van der Waals surface area contributed by atoms with Gasteiger partial charge in [0, 0.05) is 38.6 Å². The van der Waals surface area contributed by atoms with Crippen LogP contribution in [0.3, 0.4) is 0 Å². The van der Waals surface area contributed by atoms with Crippen LogP contribution in [0.4, 0.5) is 0 Å². The number of aldehydes is 2. The summed E-state index contributed by atoms with van der Waals surface area (Å²) in [7, 11) is 0. The highest BCUT2D eigenvalue weighted by atomic mass is 16.1. The third-order valence-corrected chi connectivity index (χ3v) is 2.21. The molecule has 0 amide bonds. The van der Waals surface area contributed by atoms with Crippen molar-refractivity contribution < 1.29 is 9.59 Å². The summed E-state index contributed by atoms with van der Waals surface area (Å²) in [4.78, 5) is 21.2. The molecule has 0 aliphatic rings. The molecule has 0 aromatic heterocycles. The Kier molecular flexibility index (Phi) is 10.1. The van der Waals surface area contributed by atoms with Crippen molar-refractivity contribution in [3.05, 3.63) is 0 Å². The van der Waals surface area contributed by atoms with Crippen molar-refractivity contribution >= 4 is 12.6 Å². The van der Waals surface area contributed by atoms with Gasteiger partial charge in [0.25, 0.3) is 0 Å². The smallest absolute Gasteiger partial charge is 0.136 e. The van der Waals surface area contributed by atoms with Crippen LogP contribution in [0.15, 0.2) is 0 Å². The molecule has 0 heterocycles. The lowest BCUT2D eigenvalue weighted by Gasteiger charge is -2.20. The Balaban J connectivity index is 3.99. The summed E-state index contributed by atoms with van der Waals surface area (Å²) in [5.74, 6) is 0. The van der Waals surface area contributed by atoms with Gasteiger partial charge < -0.3 is 31.7 Å². The van der Waals surface area contributed by atoms with E-state index in [-0.39, 0.29) is 12.1 Å². The molecule has 0 aromatic carbocycles. The molecule has 16 heavy (non-hydrogen) atoms. The molecule has 0 spiro atoms. The van der Waals surface area contributed by atoms with E-state index in [1.54, 1.807) is 0 Å². The number of nitrogens with one attached hydrogen (secondary N) is 2. The topological polar surface area (TPSA) is 110 Å². The summed E-state index contributed by atoms with van der Waals surface area (Å²) in [5.41, 5.74) is 10.7. The predicted octanol–water partition coefficient (Wildman–Crippen LogP) is -2.00. The maximum Gasteiger partial charge on any atom is 0.136 e. The lowest BCUT2D eigenvalue weighted by molar-refractivity contribution is -0.111. The second-order valence-corrected chi connectivity index (χ2v) is 3.56. The number of carbonyl (C=O) groups is 2. The predicted molar refractivity (Wildman–Crippen MR) is 63.1 cm³/mol. The normalized spacial score (nSPS) is 14.4. The van der Waals surface area contributed by atoms with Crippen molar-refractivity contribution in [3.8, 4) is 0 Å². The summed E-state index contributed by atoms with van der Waals surface area (Å²) < 4.78 is 0. The Morgan fingerprint density at radius 3 is 2.19 bits per heavy atom. The molecular formula is C10H22N4O2. The van der Waals surface area contributed by atoms with E-state index in [0.717, 1.165) is 12.6 Å². The average Bonchev–Trinajstić information content (AvgIpc) is 2.31. The lowest BCUT2D eigenvalue weighted by atomic mass is 10.1. The molecule has 6 N–H and O–H groups in total. The maximum atomic E-state index is 10.8. The number of rotatable bonds is 11. The fourth-order valence-corrected chi connectivity index (χ4v) is 1.43. The second kappa shape index (κ2) is 10.7. The van der Waals surface area contributed by atoms with E-state index >= 15 is 0 Å². The van der Waals surface area contributed by atoms with Gasteiger partial charge in [0.15, 0.2) is 0 Å². The Morgan fingerprint density at radius 1 is 1.06 bits per heavy atom. The Labute approximate surface area is 96.1 Å². The molecule has 6 heteroatoms. The van der Waals surface area contributed by atoms with Crippen LogP contribution in [0.25, 0.3) is 0 Å². The molecule has 0 rings (SSSR count). The third kappa shape index (κ3) is 7.47. The van der Waals surface area contributed by atoms with Crippen LogP contribution in [-0.2, 0) is 9.59 Å².